The van der Waals surface area contributed by atoms with Crippen LogP contribution in [0.15, 0.2) is 34.5 Å². The van der Waals surface area contributed by atoms with Crippen LogP contribution < -0.4 is 11.1 Å². The monoisotopic (exact) mass is 353 g/mol. The number of nitrogens with one attached hydrogen (secondary N) is 1. The maximum Gasteiger partial charge on any atom is 0.156 e. The van der Waals surface area contributed by atoms with Gasteiger partial charge in [0.05, 0.1) is 6.10 Å². The Morgan fingerprint density at radius 2 is 2.12 bits per heavy atom. The van der Waals surface area contributed by atoms with Gasteiger partial charge in [-0.1, -0.05) is 26.5 Å². The number of aliphatic hydroxyl groups is 2. The number of rotatable bonds is 5. The van der Waals surface area contributed by atoms with E-state index in [0.717, 1.165) is 25.1 Å². The first-order valence-corrected chi connectivity index (χ1v) is 8.43. The third-order valence-corrected chi connectivity index (χ3v) is 3.27. The molecule has 2 heterocycles. The summed E-state index contributed by atoms with van der Waals surface area (Å²) in [6.45, 7) is 11.4. The van der Waals surface area contributed by atoms with Gasteiger partial charge in [0.2, 0.25) is 0 Å². The lowest BCUT2D eigenvalue weighted by molar-refractivity contribution is -0.127. The highest BCUT2D eigenvalue weighted by atomic mass is 16.5. The van der Waals surface area contributed by atoms with Gasteiger partial charge < -0.3 is 26.0 Å². The van der Waals surface area contributed by atoms with Crippen LogP contribution in [0.5, 0.6) is 0 Å². The predicted octanol–water partition coefficient (Wildman–Crippen LogP) is 0.883. The van der Waals surface area contributed by atoms with Gasteiger partial charge in [0.15, 0.2) is 17.9 Å². The van der Waals surface area contributed by atoms with Crippen molar-refractivity contribution in [3.63, 3.8) is 0 Å². The minimum atomic E-state index is -1.50. The van der Waals surface area contributed by atoms with Crippen molar-refractivity contribution in [3.05, 3.63) is 24.4 Å². The second-order valence-electron chi connectivity index (χ2n) is 6.72. The SMILES string of the molecule is C=C/C=C1/C(N)=NC=NN1C1CCC(CNC(C)C)O1.CC(C)(O)O. The summed E-state index contributed by atoms with van der Waals surface area (Å²) in [5.74, 6) is -1.06. The first-order valence-electron chi connectivity index (χ1n) is 8.43. The lowest BCUT2D eigenvalue weighted by Crippen LogP contribution is -2.39. The highest BCUT2D eigenvalue weighted by Crippen LogP contribution is 2.26. The highest BCUT2D eigenvalue weighted by Gasteiger charge is 2.32. The zero-order valence-corrected chi connectivity index (χ0v) is 15.5. The molecule has 0 spiro atoms. The zero-order valence-electron chi connectivity index (χ0n) is 15.5. The molecule has 2 aliphatic rings. The summed E-state index contributed by atoms with van der Waals surface area (Å²) in [4.78, 5) is 4.01. The zero-order chi connectivity index (χ0) is 19.0. The van der Waals surface area contributed by atoms with Crippen LogP contribution in [0.25, 0.3) is 0 Å². The molecule has 0 bridgehead atoms. The molecule has 2 unspecified atom stereocenters. The van der Waals surface area contributed by atoms with Crippen LogP contribution in [0.1, 0.15) is 40.5 Å². The van der Waals surface area contributed by atoms with Gasteiger partial charge in [0, 0.05) is 12.6 Å². The molecule has 0 amide bonds. The molecule has 0 saturated carbocycles. The van der Waals surface area contributed by atoms with Crippen molar-refractivity contribution in [1.29, 1.82) is 0 Å². The Labute approximate surface area is 149 Å². The fraction of sp³-hybridized carbons (Fsp3) is 0.647. The van der Waals surface area contributed by atoms with E-state index in [2.05, 4.69) is 35.8 Å². The summed E-state index contributed by atoms with van der Waals surface area (Å²) in [6, 6.07) is 0.463. The summed E-state index contributed by atoms with van der Waals surface area (Å²) in [6.07, 6.45) is 6.99. The van der Waals surface area contributed by atoms with Gasteiger partial charge in [-0.25, -0.2) is 10.0 Å². The van der Waals surface area contributed by atoms with Gasteiger partial charge >= 0.3 is 0 Å². The van der Waals surface area contributed by atoms with Gasteiger partial charge in [0.25, 0.3) is 0 Å². The average Bonchev–Trinajstić information content (AvgIpc) is 2.94. The lowest BCUT2D eigenvalue weighted by atomic mass is 10.2. The molecule has 5 N–H and O–H groups in total. The van der Waals surface area contributed by atoms with E-state index >= 15 is 0 Å². The molecule has 1 fully saturated rings. The molecule has 8 nitrogen and oxygen atoms in total. The highest BCUT2D eigenvalue weighted by molar-refractivity contribution is 6.01. The van der Waals surface area contributed by atoms with Crippen LogP contribution in [-0.4, -0.2) is 58.1 Å². The van der Waals surface area contributed by atoms with E-state index in [1.807, 2.05) is 0 Å². The Balaban J connectivity index is 0.000000550. The summed E-state index contributed by atoms with van der Waals surface area (Å²) in [7, 11) is 0. The summed E-state index contributed by atoms with van der Waals surface area (Å²) >= 11 is 0. The molecule has 0 aliphatic carbocycles. The molecule has 0 aromatic rings. The molecule has 142 valence electrons. The molecule has 8 heteroatoms. The first kappa shape index (κ1) is 21.3. The number of allylic oxidation sites excluding steroid dienone is 2. The normalized spacial score (nSPS) is 25.0. The smallest absolute Gasteiger partial charge is 0.156 e. The van der Waals surface area contributed by atoms with Crippen molar-refractivity contribution in [2.45, 2.75) is 64.7 Å². The Kier molecular flexibility index (Phi) is 8.24. The van der Waals surface area contributed by atoms with E-state index in [9.17, 15) is 0 Å². The predicted molar refractivity (Wildman–Crippen MR) is 99.8 cm³/mol. The van der Waals surface area contributed by atoms with Gasteiger partial charge in [-0.15, -0.1) is 0 Å². The number of aliphatic imine (C=N–C) groups is 1. The maximum atomic E-state index is 8.08. The molecule has 25 heavy (non-hydrogen) atoms. The van der Waals surface area contributed by atoms with Gasteiger partial charge in [-0.05, 0) is 32.8 Å². The quantitative estimate of drug-likeness (QED) is 0.545. The third kappa shape index (κ3) is 8.26. The van der Waals surface area contributed by atoms with Crippen molar-refractivity contribution in [3.8, 4) is 0 Å². The third-order valence-electron chi connectivity index (χ3n) is 3.27. The topological polar surface area (TPSA) is 116 Å². The number of ether oxygens (including phenoxy) is 1. The summed E-state index contributed by atoms with van der Waals surface area (Å²) in [5.41, 5.74) is 6.63. The number of hydrogen-bond acceptors (Lipinski definition) is 8. The van der Waals surface area contributed by atoms with Crippen LogP contribution in [0.4, 0.5) is 0 Å². The first-order chi connectivity index (χ1) is 11.6. The molecule has 2 rings (SSSR count). The Bertz CT molecular complexity index is 517. The molecule has 0 aromatic heterocycles. The summed E-state index contributed by atoms with van der Waals surface area (Å²) < 4.78 is 6.04. The molecular weight excluding hydrogens is 322 g/mol. The van der Waals surface area contributed by atoms with E-state index in [4.69, 9.17) is 20.7 Å². The van der Waals surface area contributed by atoms with Crippen molar-refractivity contribution in [2.75, 3.05) is 6.54 Å². The molecule has 0 radical (unpaired) electrons. The van der Waals surface area contributed by atoms with E-state index in [0.29, 0.717) is 11.9 Å². The van der Waals surface area contributed by atoms with Crippen molar-refractivity contribution in [2.24, 2.45) is 15.8 Å². The van der Waals surface area contributed by atoms with Gasteiger partial charge in [-0.2, -0.15) is 5.10 Å². The van der Waals surface area contributed by atoms with Crippen LogP contribution in [0, 0.1) is 0 Å². The van der Waals surface area contributed by atoms with Crippen molar-refractivity contribution >= 4 is 12.2 Å². The maximum absolute atomic E-state index is 8.08. The number of hydrogen-bond donors (Lipinski definition) is 4. The minimum absolute atomic E-state index is 0.0922. The summed E-state index contributed by atoms with van der Waals surface area (Å²) in [5, 5.41) is 25.6. The van der Waals surface area contributed by atoms with Crippen molar-refractivity contribution < 1.29 is 14.9 Å². The Morgan fingerprint density at radius 3 is 2.68 bits per heavy atom. The second-order valence-corrected chi connectivity index (χ2v) is 6.72. The number of amidine groups is 1. The van der Waals surface area contributed by atoms with Crippen LogP contribution >= 0.6 is 0 Å². The Morgan fingerprint density at radius 1 is 1.48 bits per heavy atom. The fourth-order valence-electron chi connectivity index (χ4n) is 2.28. The van der Waals surface area contributed by atoms with E-state index < -0.39 is 5.79 Å². The minimum Gasteiger partial charge on any atom is -0.382 e. The molecule has 2 aliphatic heterocycles. The van der Waals surface area contributed by atoms with E-state index in [1.165, 1.54) is 20.2 Å². The average molecular weight is 353 g/mol. The number of nitrogens with two attached hydrogens (primary N) is 1. The molecule has 1 saturated heterocycles. The van der Waals surface area contributed by atoms with Gasteiger partial charge in [0.1, 0.15) is 12.0 Å². The Hall–Kier alpha value is -1.74. The number of nitrogens with zero attached hydrogens (tertiary/aromatic N) is 3. The lowest BCUT2D eigenvalue weighted by Gasteiger charge is -2.29. The largest absolute Gasteiger partial charge is 0.382 e. The van der Waals surface area contributed by atoms with E-state index in [1.54, 1.807) is 17.2 Å². The molecular formula is C17H31N5O3. The number of hydrazone groups is 1. The van der Waals surface area contributed by atoms with Crippen LogP contribution in [0.3, 0.4) is 0 Å². The molecule has 0 aromatic carbocycles. The molecule has 2 atom stereocenters. The van der Waals surface area contributed by atoms with Crippen molar-refractivity contribution in [1.82, 2.24) is 10.3 Å². The fourth-order valence-corrected chi connectivity index (χ4v) is 2.28. The second kappa shape index (κ2) is 9.67. The van der Waals surface area contributed by atoms with Crippen LogP contribution in [-0.2, 0) is 4.74 Å². The van der Waals surface area contributed by atoms with E-state index in [-0.39, 0.29) is 12.3 Å². The standard InChI is InChI=1S/C14H23N5O.C3H8O2/c1-4-5-12-14(15)17-9-18-19(12)13-7-6-11(20-13)8-16-10(2)3;1-3(2,4)5/h4-5,9-11,13,16H,1,6-8H2,2-3H3,(H2,15,17,18);4-5H,1-2H3/b12-5-;. The van der Waals surface area contributed by atoms with Gasteiger partial charge in [-0.3, -0.25) is 0 Å². The van der Waals surface area contributed by atoms with Crippen LogP contribution in [0.2, 0.25) is 0 Å².